The van der Waals surface area contributed by atoms with Crippen molar-refractivity contribution in [1.82, 2.24) is 0 Å². The Balaban J connectivity index is 2.97. The zero-order chi connectivity index (χ0) is 12.3. The van der Waals surface area contributed by atoms with Crippen molar-refractivity contribution < 1.29 is 19.2 Å². The Bertz CT molecular complexity index is 436. The number of halogens is 1. The smallest absolute Gasteiger partial charge is 0.320 e. The van der Waals surface area contributed by atoms with E-state index in [9.17, 15) is 19.3 Å². The Morgan fingerprint density at radius 2 is 2.19 bits per heavy atom. The van der Waals surface area contributed by atoms with Crippen molar-refractivity contribution >= 4 is 11.7 Å². The lowest BCUT2D eigenvalue weighted by molar-refractivity contribution is -0.385. The number of rotatable bonds is 4. The summed E-state index contributed by atoms with van der Waals surface area (Å²) in [7, 11) is 0. The van der Waals surface area contributed by atoms with Crippen molar-refractivity contribution in [3.8, 4) is 0 Å². The summed E-state index contributed by atoms with van der Waals surface area (Å²) in [4.78, 5) is 20.1. The fourth-order valence-electron chi connectivity index (χ4n) is 1.20. The number of nitro groups is 1. The molecule has 0 amide bonds. The van der Waals surface area contributed by atoms with Crippen LogP contribution in [0.1, 0.15) is 5.56 Å². The van der Waals surface area contributed by atoms with Crippen LogP contribution in [-0.4, -0.2) is 22.0 Å². The quantitative estimate of drug-likeness (QED) is 0.582. The molecular formula is C9H9FN2O4. The number of nitrogens with zero attached hydrogens (tertiary/aromatic N) is 1. The average Bonchev–Trinajstić information content (AvgIpc) is 2.16. The first-order valence-electron chi connectivity index (χ1n) is 4.32. The van der Waals surface area contributed by atoms with Gasteiger partial charge in [-0.05, 0) is 18.1 Å². The first-order valence-corrected chi connectivity index (χ1v) is 4.32. The van der Waals surface area contributed by atoms with Crippen molar-refractivity contribution in [2.75, 3.05) is 0 Å². The number of nitro benzene ring substituents is 1. The summed E-state index contributed by atoms with van der Waals surface area (Å²) in [5.74, 6) is -2.03. The van der Waals surface area contributed by atoms with Gasteiger partial charge in [0.05, 0.1) is 11.0 Å². The van der Waals surface area contributed by atoms with Crippen LogP contribution in [-0.2, 0) is 11.2 Å². The number of aliphatic carboxylic acids is 1. The number of carboxylic acids is 1. The van der Waals surface area contributed by atoms with Crippen LogP contribution in [0.5, 0.6) is 0 Å². The zero-order valence-corrected chi connectivity index (χ0v) is 8.09. The molecule has 0 unspecified atom stereocenters. The first-order chi connectivity index (χ1) is 7.40. The van der Waals surface area contributed by atoms with Crippen LogP contribution in [0.4, 0.5) is 10.1 Å². The monoisotopic (exact) mass is 228 g/mol. The van der Waals surface area contributed by atoms with Crippen LogP contribution in [0.3, 0.4) is 0 Å². The van der Waals surface area contributed by atoms with Crippen molar-refractivity contribution in [2.45, 2.75) is 12.5 Å². The zero-order valence-electron chi connectivity index (χ0n) is 8.09. The summed E-state index contributed by atoms with van der Waals surface area (Å²) < 4.78 is 12.9. The van der Waals surface area contributed by atoms with Gasteiger partial charge in [-0.3, -0.25) is 14.9 Å². The number of benzene rings is 1. The Kier molecular flexibility index (Phi) is 3.51. The van der Waals surface area contributed by atoms with Crippen LogP contribution in [0.25, 0.3) is 0 Å². The molecule has 1 aromatic carbocycles. The van der Waals surface area contributed by atoms with Crippen LogP contribution in [0, 0.1) is 15.9 Å². The van der Waals surface area contributed by atoms with E-state index in [0.29, 0.717) is 0 Å². The maximum absolute atomic E-state index is 12.9. The third-order valence-corrected chi connectivity index (χ3v) is 1.93. The third-order valence-electron chi connectivity index (χ3n) is 1.93. The van der Waals surface area contributed by atoms with E-state index in [2.05, 4.69) is 0 Å². The molecule has 1 aromatic rings. The molecule has 0 radical (unpaired) electrons. The van der Waals surface area contributed by atoms with Gasteiger partial charge in [0.25, 0.3) is 5.69 Å². The summed E-state index contributed by atoms with van der Waals surface area (Å²) in [5, 5.41) is 19.0. The molecule has 0 saturated heterocycles. The van der Waals surface area contributed by atoms with Gasteiger partial charge in [-0.15, -0.1) is 0 Å². The average molecular weight is 228 g/mol. The minimum atomic E-state index is -1.24. The van der Waals surface area contributed by atoms with Gasteiger partial charge in [-0.25, -0.2) is 4.39 Å². The molecule has 0 heterocycles. The van der Waals surface area contributed by atoms with Gasteiger partial charge in [0, 0.05) is 6.07 Å². The topological polar surface area (TPSA) is 106 Å². The van der Waals surface area contributed by atoms with Gasteiger partial charge in [-0.1, -0.05) is 0 Å². The number of hydrogen-bond acceptors (Lipinski definition) is 4. The summed E-state index contributed by atoms with van der Waals surface area (Å²) in [6.45, 7) is 0. The summed E-state index contributed by atoms with van der Waals surface area (Å²) in [6.07, 6.45) is -0.159. The number of nitrogens with two attached hydrogens (primary N) is 1. The van der Waals surface area contributed by atoms with Crippen molar-refractivity contribution in [3.05, 3.63) is 39.7 Å². The number of carbonyl (C=O) groups is 1. The van der Waals surface area contributed by atoms with E-state index in [1.54, 1.807) is 0 Å². The lowest BCUT2D eigenvalue weighted by Gasteiger charge is -2.06. The molecule has 0 bridgehead atoms. The highest BCUT2D eigenvalue weighted by Crippen LogP contribution is 2.17. The molecule has 0 aliphatic heterocycles. The largest absolute Gasteiger partial charge is 0.480 e. The normalized spacial score (nSPS) is 12.1. The minimum Gasteiger partial charge on any atom is -0.480 e. The highest BCUT2D eigenvalue weighted by molar-refractivity contribution is 5.73. The molecule has 3 N–H and O–H groups in total. The Labute approximate surface area is 89.6 Å². The Morgan fingerprint density at radius 1 is 1.56 bits per heavy atom. The molecule has 0 aliphatic rings. The second-order valence-corrected chi connectivity index (χ2v) is 3.22. The van der Waals surface area contributed by atoms with E-state index in [1.165, 1.54) is 0 Å². The fraction of sp³-hybridized carbons (Fsp3) is 0.222. The van der Waals surface area contributed by atoms with Crippen LogP contribution in [0.2, 0.25) is 0 Å². The first kappa shape index (κ1) is 12.1. The molecular weight excluding hydrogens is 219 g/mol. The van der Waals surface area contributed by atoms with E-state index >= 15 is 0 Å². The molecule has 86 valence electrons. The molecule has 0 spiro atoms. The van der Waals surface area contributed by atoms with E-state index in [0.717, 1.165) is 18.2 Å². The second-order valence-electron chi connectivity index (χ2n) is 3.22. The SMILES string of the molecule is N[C@H](Cc1cc(F)cc([N+](=O)[O-])c1)C(=O)O. The Hall–Kier alpha value is -2.02. The molecule has 0 aromatic heterocycles. The number of non-ortho nitro benzene ring substituents is 1. The van der Waals surface area contributed by atoms with Crippen LogP contribution in [0.15, 0.2) is 18.2 Å². The van der Waals surface area contributed by atoms with Gasteiger partial charge in [0.15, 0.2) is 0 Å². The fourth-order valence-corrected chi connectivity index (χ4v) is 1.20. The predicted molar refractivity (Wildman–Crippen MR) is 52.4 cm³/mol. The van der Waals surface area contributed by atoms with Crippen molar-refractivity contribution in [2.24, 2.45) is 5.73 Å². The van der Waals surface area contributed by atoms with E-state index in [1.807, 2.05) is 0 Å². The predicted octanol–water partition coefficient (Wildman–Crippen LogP) is 0.688. The number of hydrogen-bond donors (Lipinski definition) is 2. The lowest BCUT2D eigenvalue weighted by Crippen LogP contribution is -2.32. The maximum Gasteiger partial charge on any atom is 0.320 e. The van der Waals surface area contributed by atoms with Gasteiger partial charge in [-0.2, -0.15) is 0 Å². The maximum atomic E-state index is 12.9. The van der Waals surface area contributed by atoms with Gasteiger partial charge in [0.1, 0.15) is 11.9 Å². The summed E-state index contributed by atoms with van der Waals surface area (Å²) in [6, 6.07) is 1.68. The molecule has 0 fully saturated rings. The molecule has 0 saturated carbocycles. The van der Waals surface area contributed by atoms with E-state index in [-0.39, 0.29) is 12.0 Å². The summed E-state index contributed by atoms with van der Waals surface area (Å²) >= 11 is 0. The molecule has 7 heteroatoms. The third kappa shape index (κ3) is 2.99. The van der Waals surface area contributed by atoms with Crippen molar-refractivity contribution in [1.29, 1.82) is 0 Å². The molecule has 6 nitrogen and oxygen atoms in total. The van der Waals surface area contributed by atoms with Crippen LogP contribution >= 0.6 is 0 Å². The molecule has 1 atom stereocenters. The standard InChI is InChI=1S/C9H9FN2O4/c10-6-1-5(3-8(11)9(13)14)2-7(4-6)12(15)16/h1-2,4,8H,3,11H2,(H,13,14)/t8-/m1/s1. The van der Waals surface area contributed by atoms with E-state index in [4.69, 9.17) is 10.8 Å². The number of carboxylic acid groups (broad SMARTS) is 1. The molecule has 1 rings (SSSR count). The van der Waals surface area contributed by atoms with Gasteiger partial charge in [0.2, 0.25) is 0 Å². The lowest BCUT2D eigenvalue weighted by atomic mass is 10.1. The molecule has 16 heavy (non-hydrogen) atoms. The van der Waals surface area contributed by atoms with Crippen molar-refractivity contribution in [3.63, 3.8) is 0 Å². The highest BCUT2D eigenvalue weighted by Gasteiger charge is 2.15. The van der Waals surface area contributed by atoms with Crippen LogP contribution < -0.4 is 5.73 Å². The summed E-state index contributed by atoms with van der Waals surface area (Å²) in [5.41, 5.74) is 4.99. The second kappa shape index (κ2) is 4.67. The van der Waals surface area contributed by atoms with Gasteiger partial charge >= 0.3 is 5.97 Å². The highest BCUT2D eigenvalue weighted by atomic mass is 19.1. The Morgan fingerprint density at radius 3 is 2.69 bits per heavy atom. The molecule has 0 aliphatic carbocycles. The minimum absolute atomic E-state index is 0.159. The van der Waals surface area contributed by atoms with E-state index < -0.39 is 28.4 Å². The van der Waals surface area contributed by atoms with Gasteiger partial charge < -0.3 is 10.8 Å².